The fourth-order valence-corrected chi connectivity index (χ4v) is 5.25. The van der Waals surface area contributed by atoms with Gasteiger partial charge in [0.05, 0.1) is 18.2 Å². The zero-order valence-corrected chi connectivity index (χ0v) is 21.1. The van der Waals surface area contributed by atoms with E-state index in [9.17, 15) is 13.6 Å². The van der Waals surface area contributed by atoms with Crippen LogP contribution >= 0.6 is 0 Å². The van der Waals surface area contributed by atoms with Crippen LogP contribution in [0.1, 0.15) is 59.7 Å². The van der Waals surface area contributed by atoms with Crippen molar-refractivity contribution in [2.75, 3.05) is 32.9 Å². The second-order valence-corrected chi connectivity index (χ2v) is 10.3. The first-order valence-corrected chi connectivity index (χ1v) is 12.4. The molecule has 2 aromatic carbocycles. The van der Waals surface area contributed by atoms with Gasteiger partial charge in [-0.2, -0.15) is 0 Å². The molecule has 190 valence electrons. The Labute approximate surface area is 207 Å². The second-order valence-electron chi connectivity index (χ2n) is 10.3. The van der Waals surface area contributed by atoms with Crippen molar-refractivity contribution in [1.82, 2.24) is 9.80 Å². The quantitative estimate of drug-likeness (QED) is 0.548. The topological polar surface area (TPSA) is 42.0 Å². The van der Waals surface area contributed by atoms with E-state index in [4.69, 9.17) is 9.47 Å². The molecule has 35 heavy (non-hydrogen) atoms. The summed E-state index contributed by atoms with van der Waals surface area (Å²) in [4.78, 5) is 16.7. The third kappa shape index (κ3) is 6.19. The Morgan fingerprint density at radius 3 is 2.51 bits per heavy atom. The molecule has 7 heteroatoms. The summed E-state index contributed by atoms with van der Waals surface area (Å²) < 4.78 is 38.7. The highest BCUT2D eigenvalue weighted by Crippen LogP contribution is 2.39. The van der Waals surface area contributed by atoms with E-state index < -0.39 is 12.0 Å². The summed E-state index contributed by atoms with van der Waals surface area (Å²) in [5.41, 5.74) is 3.29. The number of amides is 1. The van der Waals surface area contributed by atoms with Gasteiger partial charge in [-0.3, -0.25) is 9.69 Å². The minimum Gasteiger partial charge on any atom is -0.491 e. The SMILES string of the molecule is Cc1ccc(C2CN(CC(F)F)CC3(CCN(C(=O)c4ccc(OC(C)C)c(C)c4)CO3)C2)cc1. The van der Waals surface area contributed by atoms with Gasteiger partial charge in [0.1, 0.15) is 12.5 Å². The van der Waals surface area contributed by atoms with E-state index in [-0.39, 0.29) is 31.2 Å². The number of hydrogen-bond donors (Lipinski definition) is 0. The maximum atomic E-state index is 13.3. The number of likely N-dealkylation sites (tertiary alicyclic amines) is 1. The molecule has 2 saturated heterocycles. The molecule has 2 unspecified atom stereocenters. The zero-order chi connectivity index (χ0) is 25.2. The highest BCUT2D eigenvalue weighted by molar-refractivity contribution is 5.94. The lowest BCUT2D eigenvalue weighted by molar-refractivity contribution is -0.159. The predicted molar refractivity (Wildman–Crippen MR) is 132 cm³/mol. The molecule has 0 aromatic heterocycles. The number of halogens is 2. The molecular formula is C28H36F2N2O3. The van der Waals surface area contributed by atoms with Gasteiger partial charge in [0, 0.05) is 25.2 Å². The van der Waals surface area contributed by atoms with Crippen LogP contribution in [-0.2, 0) is 4.74 Å². The lowest BCUT2D eigenvalue weighted by atomic mass is 9.79. The van der Waals surface area contributed by atoms with Crippen molar-refractivity contribution in [3.8, 4) is 5.75 Å². The van der Waals surface area contributed by atoms with Crippen LogP contribution in [0.15, 0.2) is 42.5 Å². The Bertz CT molecular complexity index is 1020. The van der Waals surface area contributed by atoms with E-state index in [0.29, 0.717) is 31.6 Å². The Morgan fingerprint density at radius 1 is 1.17 bits per heavy atom. The van der Waals surface area contributed by atoms with Crippen LogP contribution in [-0.4, -0.2) is 66.7 Å². The molecule has 1 amide bonds. The standard InChI is InChI=1S/C28H36F2N2O3/c1-19(2)35-25-10-9-23(13-21(25)4)27(33)32-12-11-28(34-18-32)14-24(15-31(17-28)16-26(29)30)22-7-5-20(3)6-8-22/h5-10,13,19,24,26H,11-12,14-18H2,1-4H3. The molecule has 0 N–H and O–H groups in total. The van der Waals surface area contributed by atoms with Gasteiger partial charge in [-0.25, -0.2) is 8.78 Å². The summed E-state index contributed by atoms with van der Waals surface area (Å²) in [5.74, 6) is 0.796. The Kier molecular flexibility index (Phi) is 7.77. The molecule has 2 aliphatic rings. The maximum Gasteiger partial charge on any atom is 0.255 e. The molecule has 0 radical (unpaired) electrons. The number of alkyl halides is 2. The number of benzene rings is 2. The minimum absolute atomic E-state index is 0.0609. The smallest absolute Gasteiger partial charge is 0.255 e. The van der Waals surface area contributed by atoms with Gasteiger partial charge in [-0.1, -0.05) is 29.8 Å². The number of rotatable bonds is 6. The first-order chi connectivity index (χ1) is 16.6. The van der Waals surface area contributed by atoms with Crippen LogP contribution in [0, 0.1) is 13.8 Å². The first-order valence-electron chi connectivity index (χ1n) is 12.4. The molecule has 2 atom stereocenters. The van der Waals surface area contributed by atoms with Gasteiger partial charge >= 0.3 is 0 Å². The van der Waals surface area contributed by atoms with Crippen molar-refractivity contribution in [3.05, 3.63) is 64.7 Å². The molecule has 2 fully saturated rings. The van der Waals surface area contributed by atoms with Gasteiger partial charge in [0.15, 0.2) is 0 Å². The average Bonchev–Trinajstić information content (AvgIpc) is 2.80. The van der Waals surface area contributed by atoms with E-state index in [1.165, 1.54) is 5.56 Å². The van der Waals surface area contributed by atoms with Crippen molar-refractivity contribution in [1.29, 1.82) is 0 Å². The summed E-state index contributed by atoms with van der Waals surface area (Å²) in [6.07, 6.45) is -0.950. The van der Waals surface area contributed by atoms with E-state index in [1.807, 2.05) is 44.7 Å². The van der Waals surface area contributed by atoms with Gasteiger partial charge in [-0.15, -0.1) is 0 Å². The third-order valence-electron chi connectivity index (χ3n) is 6.99. The zero-order valence-electron chi connectivity index (χ0n) is 21.1. The van der Waals surface area contributed by atoms with Crippen LogP contribution in [0.4, 0.5) is 8.78 Å². The fourth-order valence-electron chi connectivity index (χ4n) is 5.25. The van der Waals surface area contributed by atoms with Gasteiger partial charge in [0.25, 0.3) is 12.3 Å². The van der Waals surface area contributed by atoms with Crippen molar-refractivity contribution in [3.63, 3.8) is 0 Å². The molecule has 0 saturated carbocycles. The van der Waals surface area contributed by atoms with Crippen LogP contribution in [0.25, 0.3) is 0 Å². The van der Waals surface area contributed by atoms with E-state index in [2.05, 4.69) is 24.3 Å². The number of hydrogen-bond acceptors (Lipinski definition) is 4. The summed E-state index contributed by atoms with van der Waals surface area (Å²) in [5, 5.41) is 0. The molecule has 2 heterocycles. The van der Waals surface area contributed by atoms with E-state index in [1.54, 1.807) is 11.0 Å². The summed E-state index contributed by atoms with van der Waals surface area (Å²) in [6.45, 7) is 9.38. The highest BCUT2D eigenvalue weighted by Gasteiger charge is 2.44. The first kappa shape index (κ1) is 25.6. The van der Waals surface area contributed by atoms with Gasteiger partial charge in [-0.05, 0) is 75.8 Å². The van der Waals surface area contributed by atoms with Crippen LogP contribution < -0.4 is 4.74 Å². The monoisotopic (exact) mass is 486 g/mol. The average molecular weight is 487 g/mol. The Hall–Kier alpha value is -2.51. The minimum atomic E-state index is -2.39. The van der Waals surface area contributed by atoms with E-state index >= 15 is 0 Å². The predicted octanol–water partition coefficient (Wildman–Crippen LogP) is 5.40. The molecular weight excluding hydrogens is 450 g/mol. The normalized spacial score (nSPS) is 23.3. The number of carbonyl (C=O) groups excluding carboxylic acids is 1. The molecule has 4 rings (SSSR count). The summed E-state index contributed by atoms with van der Waals surface area (Å²) in [6, 6.07) is 13.8. The molecule has 0 aliphatic carbocycles. The Balaban J connectivity index is 1.46. The van der Waals surface area contributed by atoms with Crippen molar-refractivity contribution >= 4 is 5.91 Å². The Morgan fingerprint density at radius 2 is 1.91 bits per heavy atom. The van der Waals surface area contributed by atoms with Crippen LogP contribution in [0.3, 0.4) is 0 Å². The van der Waals surface area contributed by atoms with E-state index in [0.717, 1.165) is 23.3 Å². The number of carbonyl (C=O) groups is 1. The molecule has 5 nitrogen and oxygen atoms in total. The van der Waals surface area contributed by atoms with Crippen molar-refractivity contribution < 1.29 is 23.0 Å². The third-order valence-corrected chi connectivity index (χ3v) is 6.99. The molecule has 1 spiro atoms. The van der Waals surface area contributed by atoms with Gasteiger partial charge < -0.3 is 14.4 Å². The number of piperidine rings is 1. The number of ether oxygens (including phenoxy) is 2. The fraction of sp³-hybridized carbons (Fsp3) is 0.536. The molecule has 2 aromatic rings. The second kappa shape index (κ2) is 10.6. The lowest BCUT2D eigenvalue weighted by Gasteiger charge is -2.49. The number of aryl methyl sites for hydroxylation is 2. The van der Waals surface area contributed by atoms with Crippen LogP contribution in [0.5, 0.6) is 5.75 Å². The summed E-state index contributed by atoms with van der Waals surface area (Å²) >= 11 is 0. The van der Waals surface area contributed by atoms with Crippen molar-refractivity contribution in [2.45, 2.75) is 64.6 Å². The van der Waals surface area contributed by atoms with Gasteiger partial charge in [0.2, 0.25) is 0 Å². The molecule has 2 aliphatic heterocycles. The lowest BCUT2D eigenvalue weighted by Crippen LogP contribution is -2.58. The van der Waals surface area contributed by atoms with Crippen molar-refractivity contribution in [2.24, 2.45) is 0 Å². The highest BCUT2D eigenvalue weighted by atomic mass is 19.3. The van der Waals surface area contributed by atoms with Crippen LogP contribution in [0.2, 0.25) is 0 Å². The maximum absolute atomic E-state index is 13.3. The summed E-state index contributed by atoms with van der Waals surface area (Å²) in [7, 11) is 0. The molecule has 0 bridgehead atoms. The number of nitrogens with zero attached hydrogens (tertiary/aromatic N) is 2. The largest absolute Gasteiger partial charge is 0.491 e.